The highest BCUT2D eigenvalue weighted by atomic mass is 16.6. The Hall–Kier alpha value is -1.38. The summed E-state index contributed by atoms with van der Waals surface area (Å²) in [5, 5.41) is 6.03. The summed E-state index contributed by atoms with van der Waals surface area (Å²) in [5.74, 6) is 0.375. The fourth-order valence-electron chi connectivity index (χ4n) is 3.88. The number of rotatable bonds is 7. The van der Waals surface area contributed by atoms with Crippen LogP contribution in [0.1, 0.15) is 48.0 Å². The smallest absolute Gasteiger partial charge is 0.407 e. The van der Waals surface area contributed by atoms with Crippen LogP contribution in [0.5, 0.6) is 0 Å². The zero-order chi connectivity index (χ0) is 21.7. The second kappa shape index (κ2) is 10.1. The first-order chi connectivity index (χ1) is 13.5. The number of likely N-dealkylation sites (tertiary alicyclic amines) is 1. The molecule has 0 spiro atoms. The van der Waals surface area contributed by atoms with E-state index in [1.807, 2.05) is 27.7 Å². The number of alkyl carbamates (subject to hydrolysis) is 1. The van der Waals surface area contributed by atoms with Gasteiger partial charge < -0.3 is 20.1 Å². The monoisotopic (exact) mass is 412 g/mol. The lowest BCUT2D eigenvalue weighted by atomic mass is 10.0. The van der Waals surface area contributed by atoms with Crippen molar-refractivity contribution in [2.45, 2.75) is 65.1 Å². The van der Waals surface area contributed by atoms with Gasteiger partial charge in [-0.2, -0.15) is 0 Å². The fourth-order valence-corrected chi connectivity index (χ4v) is 3.88. The number of nitrogens with zero attached hydrogens (tertiary/aromatic N) is 2. The molecule has 0 aliphatic carbocycles. The van der Waals surface area contributed by atoms with Crippen molar-refractivity contribution in [1.29, 1.82) is 0 Å². The molecule has 0 unspecified atom stereocenters. The van der Waals surface area contributed by atoms with Gasteiger partial charge in [0.05, 0.1) is 19.8 Å². The van der Waals surface area contributed by atoms with Crippen molar-refractivity contribution in [2.24, 2.45) is 5.92 Å². The Kier molecular flexibility index (Phi) is 8.31. The summed E-state index contributed by atoms with van der Waals surface area (Å²) in [6.07, 6.45) is 0.579. The van der Waals surface area contributed by atoms with Crippen molar-refractivity contribution in [1.82, 2.24) is 20.4 Å². The molecule has 2 atom stereocenters. The second-order valence-corrected chi connectivity index (χ2v) is 9.91. The molecule has 8 heteroatoms. The molecule has 8 nitrogen and oxygen atoms in total. The minimum Gasteiger partial charge on any atom is -0.444 e. The number of hydrogen-bond acceptors (Lipinski definition) is 6. The van der Waals surface area contributed by atoms with E-state index < -0.39 is 5.60 Å². The molecule has 2 saturated heterocycles. The van der Waals surface area contributed by atoms with Gasteiger partial charge in [-0.3, -0.25) is 14.6 Å². The number of carbonyl (C=O) groups excluding carboxylic acids is 2. The van der Waals surface area contributed by atoms with E-state index >= 15 is 0 Å². The summed E-state index contributed by atoms with van der Waals surface area (Å²) in [6, 6.07) is 0.0122. The minimum atomic E-state index is -0.501. The van der Waals surface area contributed by atoms with Gasteiger partial charge in [-0.1, -0.05) is 0 Å². The van der Waals surface area contributed by atoms with Crippen molar-refractivity contribution < 1.29 is 19.1 Å². The largest absolute Gasteiger partial charge is 0.444 e. The zero-order valence-corrected chi connectivity index (χ0v) is 19.0. The lowest BCUT2D eigenvalue weighted by Crippen LogP contribution is -2.56. The van der Waals surface area contributed by atoms with E-state index in [0.29, 0.717) is 19.0 Å². The Morgan fingerprint density at radius 2 is 1.79 bits per heavy atom. The van der Waals surface area contributed by atoms with Crippen molar-refractivity contribution in [2.75, 3.05) is 52.5 Å². The topological polar surface area (TPSA) is 83.1 Å². The third kappa shape index (κ3) is 8.10. The van der Waals surface area contributed by atoms with Gasteiger partial charge in [0.1, 0.15) is 5.60 Å². The maximum absolute atomic E-state index is 12.5. The lowest BCUT2D eigenvalue weighted by Gasteiger charge is -2.40. The average molecular weight is 413 g/mol. The van der Waals surface area contributed by atoms with Crippen LogP contribution in [0.15, 0.2) is 0 Å². The second-order valence-electron chi connectivity index (χ2n) is 9.91. The number of amides is 2. The fraction of sp³-hybridized carbons (Fsp3) is 0.905. The molecule has 168 valence electrons. The summed E-state index contributed by atoms with van der Waals surface area (Å²) >= 11 is 0. The van der Waals surface area contributed by atoms with Gasteiger partial charge in [0, 0.05) is 37.8 Å². The van der Waals surface area contributed by atoms with Crippen LogP contribution in [-0.2, 0) is 14.3 Å². The van der Waals surface area contributed by atoms with Gasteiger partial charge in [0.25, 0.3) is 0 Å². The van der Waals surface area contributed by atoms with Crippen LogP contribution < -0.4 is 10.6 Å². The molecule has 2 aliphatic rings. The molecule has 0 aromatic carbocycles. The molecule has 2 heterocycles. The molecule has 0 aromatic rings. The Bertz CT molecular complexity index is 555. The van der Waals surface area contributed by atoms with Crippen LogP contribution in [0.4, 0.5) is 4.79 Å². The Morgan fingerprint density at radius 3 is 2.41 bits per heavy atom. The van der Waals surface area contributed by atoms with E-state index in [1.54, 1.807) is 0 Å². The highest BCUT2D eigenvalue weighted by molar-refractivity contribution is 5.78. The molecule has 29 heavy (non-hydrogen) atoms. The van der Waals surface area contributed by atoms with E-state index in [4.69, 9.17) is 9.47 Å². The molecular weight excluding hydrogens is 372 g/mol. The number of morpholine rings is 1. The molecule has 0 bridgehead atoms. The van der Waals surface area contributed by atoms with E-state index in [2.05, 4.69) is 34.3 Å². The van der Waals surface area contributed by atoms with Crippen molar-refractivity contribution >= 4 is 12.0 Å². The van der Waals surface area contributed by atoms with E-state index in [-0.39, 0.29) is 23.6 Å². The molecule has 2 fully saturated rings. The maximum atomic E-state index is 12.5. The minimum absolute atomic E-state index is 0.0122. The highest BCUT2D eigenvalue weighted by Gasteiger charge is 2.31. The highest BCUT2D eigenvalue weighted by Crippen LogP contribution is 2.20. The van der Waals surface area contributed by atoms with E-state index in [9.17, 15) is 9.59 Å². The van der Waals surface area contributed by atoms with Crippen LogP contribution >= 0.6 is 0 Å². The van der Waals surface area contributed by atoms with Gasteiger partial charge in [0.15, 0.2) is 0 Å². The first-order valence-electron chi connectivity index (χ1n) is 10.8. The van der Waals surface area contributed by atoms with Crippen LogP contribution in [0.2, 0.25) is 0 Å². The molecule has 2 N–H and O–H groups in total. The van der Waals surface area contributed by atoms with Crippen LogP contribution in [0.25, 0.3) is 0 Å². The first-order valence-corrected chi connectivity index (χ1v) is 10.8. The first kappa shape index (κ1) is 23.9. The van der Waals surface area contributed by atoms with Crippen LogP contribution in [0.3, 0.4) is 0 Å². The summed E-state index contributed by atoms with van der Waals surface area (Å²) in [7, 11) is 0. The van der Waals surface area contributed by atoms with Crippen molar-refractivity contribution in [3.63, 3.8) is 0 Å². The number of carbonyl (C=O) groups is 2. The third-order valence-corrected chi connectivity index (χ3v) is 5.71. The SMILES string of the molecule is C[C@@H](NC(=O)OC(C)(C)C)[C@@H]1CCN(CC(=O)NCC(C)(C)N2CCOCC2)C1. The summed E-state index contributed by atoms with van der Waals surface area (Å²) in [5.41, 5.74) is -0.586. The van der Waals surface area contributed by atoms with Gasteiger partial charge in [0.2, 0.25) is 5.91 Å². The predicted molar refractivity (Wildman–Crippen MR) is 113 cm³/mol. The number of nitrogens with one attached hydrogen (secondary N) is 2. The quantitative estimate of drug-likeness (QED) is 0.659. The van der Waals surface area contributed by atoms with Crippen LogP contribution in [-0.4, -0.2) is 91.5 Å². The Balaban J connectivity index is 1.70. The van der Waals surface area contributed by atoms with Gasteiger partial charge in [-0.05, 0) is 60.4 Å². The van der Waals surface area contributed by atoms with Gasteiger partial charge >= 0.3 is 6.09 Å². The maximum Gasteiger partial charge on any atom is 0.407 e. The van der Waals surface area contributed by atoms with E-state index in [0.717, 1.165) is 45.8 Å². The molecule has 0 radical (unpaired) electrons. The summed E-state index contributed by atoms with van der Waals surface area (Å²) in [4.78, 5) is 29.0. The Morgan fingerprint density at radius 1 is 1.14 bits per heavy atom. The zero-order valence-electron chi connectivity index (χ0n) is 19.0. The van der Waals surface area contributed by atoms with Crippen LogP contribution in [0, 0.1) is 5.92 Å². The molecule has 0 saturated carbocycles. The van der Waals surface area contributed by atoms with Gasteiger partial charge in [-0.15, -0.1) is 0 Å². The number of hydrogen-bond donors (Lipinski definition) is 2. The van der Waals surface area contributed by atoms with E-state index in [1.165, 1.54) is 0 Å². The third-order valence-electron chi connectivity index (χ3n) is 5.71. The van der Waals surface area contributed by atoms with Crippen molar-refractivity contribution in [3.05, 3.63) is 0 Å². The molecule has 2 amide bonds. The summed E-state index contributed by atoms with van der Waals surface area (Å²) in [6.45, 7) is 17.9. The summed E-state index contributed by atoms with van der Waals surface area (Å²) < 4.78 is 10.7. The molecule has 2 rings (SSSR count). The average Bonchev–Trinajstić information content (AvgIpc) is 3.08. The predicted octanol–water partition coefficient (Wildman–Crippen LogP) is 1.45. The Labute approximate surface area is 175 Å². The standard InChI is InChI=1S/C21H40N4O4/c1-16(23-19(27)29-20(2,3)4)17-7-8-24(13-17)14-18(26)22-15-21(5,6)25-9-11-28-12-10-25/h16-17H,7-15H2,1-6H3,(H,22,26)(H,23,27)/t16-,17-/m1/s1. The molecule has 2 aliphatic heterocycles. The normalized spacial score (nSPS) is 22.9. The lowest BCUT2D eigenvalue weighted by molar-refractivity contribution is -0.122. The van der Waals surface area contributed by atoms with Crippen molar-refractivity contribution in [3.8, 4) is 0 Å². The number of ether oxygens (including phenoxy) is 2. The molecule has 0 aromatic heterocycles. The van der Waals surface area contributed by atoms with Gasteiger partial charge in [-0.25, -0.2) is 4.79 Å². The molecular formula is C21H40N4O4.